The fraction of sp³-hybridized carbons (Fsp3) is 0.278. The van der Waals surface area contributed by atoms with Crippen LogP contribution in [0, 0.1) is 20.2 Å². The molecule has 28 heavy (non-hydrogen) atoms. The second-order valence-electron chi connectivity index (χ2n) is 6.07. The maximum Gasteiger partial charge on any atom is 0.326 e. The van der Waals surface area contributed by atoms with E-state index < -0.39 is 21.9 Å². The third kappa shape index (κ3) is 6.24. The number of nitro benzene ring substituents is 2. The van der Waals surface area contributed by atoms with E-state index >= 15 is 0 Å². The van der Waals surface area contributed by atoms with E-state index in [9.17, 15) is 30.1 Å². The molecule has 2 rings (SSSR count). The number of nitrogens with one attached hydrogen (secondary N) is 2. The second-order valence-corrected chi connectivity index (χ2v) is 6.07. The molecule has 0 saturated heterocycles. The van der Waals surface area contributed by atoms with Gasteiger partial charge in [0.1, 0.15) is 6.04 Å². The first-order valence-corrected chi connectivity index (χ1v) is 8.59. The number of nitro groups is 2. The highest BCUT2D eigenvalue weighted by Gasteiger charge is 2.17. The van der Waals surface area contributed by atoms with Gasteiger partial charge in [0.2, 0.25) is 0 Å². The van der Waals surface area contributed by atoms with E-state index in [1.807, 2.05) is 0 Å². The Hall–Kier alpha value is -3.69. The first-order chi connectivity index (χ1) is 13.4. The van der Waals surface area contributed by atoms with Crippen molar-refractivity contribution in [2.24, 2.45) is 0 Å². The number of hydrogen-bond donors (Lipinski definition) is 3. The molecule has 0 aliphatic rings. The van der Waals surface area contributed by atoms with Crippen LogP contribution in [-0.2, 0) is 4.79 Å². The summed E-state index contributed by atoms with van der Waals surface area (Å²) in [6.45, 7) is 0.599. The zero-order valence-corrected chi connectivity index (χ0v) is 14.9. The Morgan fingerprint density at radius 2 is 1.39 bits per heavy atom. The first-order valence-electron chi connectivity index (χ1n) is 8.59. The van der Waals surface area contributed by atoms with E-state index in [1.54, 1.807) is 12.1 Å². The molecule has 10 heteroatoms. The van der Waals surface area contributed by atoms with Crippen molar-refractivity contribution in [2.75, 3.05) is 17.2 Å². The van der Waals surface area contributed by atoms with Gasteiger partial charge in [0, 0.05) is 42.2 Å². The summed E-state index contributed by atoms with van der Waals surface area (Å²) in [4.78, 5) is 31.7. The van der Waals surface area contributed by atoms with Crippen LogP contribution >= 0.6 is 0 Å². The third-order valence-electron chi connectivity index (χ3n) is 4.04. The summed E-state index contributed by atoms with van der Waals surface area (Å²) in [6.07, 6.45) is 1.73. The summed E-state index contributed by atoms with van der Waals surface area (Å²) in [5.41, 5.74) is 1.22. The van der Waals surface area contributed by atoms with Crippen molar-refractivity contribution in [3.63, 3.8) is 0 Å². The molecule has 0 spiro atoms. The third-order valence-corrected chi connectivity index (χ3v) is 4.04. The fourth-order valence-electron chi connectivity index (χ4n) is 2.55. The normalized spacial score (nSPS) is 11.4. The van der Waals surface area contributed by atoms with Crippen LogP contribution in [0.3, 0.4) is 0 Å². The zero-order valence-electron chi connectivity index (χ0n) is 14.9. The number of carbonyl (C=O) groups is 1. The minimum absolute atomic E-state index is 0.0205. The molecule has 0 bridgehead atoms. The average molecular weight is 388 g/mol. The van der Waals surface area contributed by atoms with Gasteiger partial charge >= 0.3 is 5.97 Å². The standard InChI is InChI=1S/C18H20N4O6/c23-18(24)17(20-14-6-10-16(11-7-14)22(27)28)3-1-2-12-19-13-4-8-15(9-5-13)21(25)26/h4-11,17,19-20H,1-3,12H2,(H,23,24)/t17-/m0/s1. The molecule has 0 heterocycles. The molecule has 0 fully saturated rings. The highest BCUT2D eigenvalue weighted by atomic mass is 16.6. The number of hydrogen-bond acceptors (Lipinski definition) is 7. The van der Waals surface area contributed by atoms with Crippen molar-refractivity contribution >= 4 is 28.7 Å². The van der Waals surface area contributed by atoms with Crippen LogP contribution in [0.1, 0.15) is 19.3 Å². The van der Waals surface area contributed by atoms with Crippen molar-refractivity contribution in [2.45, 2.75) is 25.3 Å². The molecule has 0 radical (unpaired) electrons. The zero-order chi connectivity index (χ0) is 20.5. The van der Waals surface area contributed by atoms with Crippen molar-refractivity contribution in [3.8, 4) is 0 Å². The minimum Gasteiger partial charge on any atom is -0.480 e. The van der Waals surface area contributed by atoms with Crippen LogP contribution in [0.4, 0.5) is 22.7 Å². The summed E-state index contributed by atoms with van der Waals surface area (Å²) in [5.74, 6) is -0.998. The molecule has 148 valence electrons. The molecule has 1 atom stereocenters. The highest BCUT2D eigenvalue weighted by Crippen LogP contribution is 2.18. The Labute approximate surface area is 160 Å². The number of benzene rings is 2. The molecule has 0 aromatic heterocycles. The van der Waals surface area contributed by atoms with E-state index in [2.05, 4.69) is 10.6 Å². The van der Waals surface area contributed by atoms with Crippen LogP contribution in [0.5, 0.6) is 0 Å². The Morgan fingerprint density at radius 1 is 0.893 bits per heavy atom. The van der Waals surface area contributed by atoms with Gasteiger partial charge in [-0.25, -0.2) is 4.79 Å². The van der Waals surface area contributed by atoms with Gasteiger partial charge in [0.15, 0.2) is 0 Å². The lowest BCUT2D eigenvalue weighted by Crippen LogP contribution is -2.29. The maximum absolute atomic E-state index is 11.4. The molecular formula is C18H20N4O6. The first kappa shape index (κ1) is 20.6. The maximum atomic E-state index is 11.4. The van der Waals surface area contributed by atoms with Crippen LogP contribution in [0.2, 0.25) is 0 Å². The van der Waals surface area contributed by atoms with Gasteiger partial charge < -0.3 is 15.7 Å². The smallest absolute Gasteiger partial charge is 0.326 e. The molecular weight excluding hydrogens is 368 g/mol. The second kappa shape index (κ2) is 9.86. The summed E-state index contributed by atoms with van der Waals surface area (Å²) in [5, 5.41) is 36.6. The fourth-order valence-corrected chi connectivity index (χ4v) is 2.55. The lowest BCUT2D eigenvalue weighted by atomic mass is 10.1. The Kier molecular flexibility index (Phi) is 7.26. The number of carboxylic acid groups (broad SMARTS) is 1. The van der Waals surface area contributed by atoms with E-state index in [0.29, 0.717) is 31.5 Å². The summed E-state index contributed by atoms with van der Waals surface area (Å²) in [6, 6.07) is 10.8. The van der Waals surface area contributed by atoms with Crippen LogP contribution in [0.25, 0.3) is 0 Å². The topological polar surface area (TPSA) is 148 Å². The SMILES string of the molecule is O=C(O)[C@H](CCCCNc1ccc([N+](=O)[O-])cc1)Nc1ccc([N+](=O)[O-])cc1. The van der Waals surface area contributed by atoms with Crippen molar-refractivity contribution in [3.05, 3.63) is 68.8 Å². The number of anilines is 2. The molecule has 2 aromatic rings. The predicted molar refractivity (Wildman–Crippen MR) is 104 cm³/mol. The van der Waals surface area contributed by atoms with Crippen LogP contribution in [0.15, 0.2) is 48.5 Å². The van der Waals surface area contributed by atoms with Gasteiger partial charge in [0.05, 0.1) is 9.85 Å². The van der Waals surface area contributed by atoms with Crippen molar-refractivity contribution in [1.82, 2.24) is 0 Å². The number of nitrogens with zero attached hydrogens (tertiary/aromatic N) is 2. The number of aliphatic carboxylic acids is 1. The van der Waals surface area contributed by atoms with Gasteiger partial charge in [-0.1, -0.05) is 0 Å². The number of rotatable bonds is 11. The van der Waals surface area contributed by atoms with E-state index in [-0.39, 0.29) is 11.4 Å². The molecule has 0 saturated carbocycles. The lowest BCUT2D eigenvalue weighted by Gasteiger charge is -2.15. The largest absolute Gasteiger partial charge is 0.480 e. The van der Waals surface area contributed by atoms with Crippen LogP contribution < -0.4 is 10.6 Å². The Bertz CT molecular complexity index is 823. The lowest BCUT2D eigenvalue weighted by molar-refractivity contribution is -0.385. The molecule has 10 nitrogen and oxygen atoms in total. The van der Waals surface area contributed by atoms with Crippen molar-refractivity contribution < 1.29 is 19.7 Å². The quantitative estimate of drug-likeness (QED) is 0.300. The summed E-state index contributed by atoms with van der Waals surface area (Å²) in [7, 11) is 0. The minimum atomic E-state index is -0.998. The van der Waals surface area contributed by atoms with E-state index in [1.165, 1.54) is 36.4 Å². The van der Waals surface area contributed by atoms with Crippen molar-refractivity contribution in [1.29, 1.82) is 0 Å². The van der Waals surface area contributed by atoms with Gasteiger partial charge in [0.25, 0.3) is 11.4 Å². The number of unbranched alkanes of at least 4 members (excludes halogenated alkanes) is 1. The monoisotopic (exact) mass is 388 g/mol. The summed E-state index contributed by atoms with van der Waals surface area (Å²) < 4.78 is 0. The van der Waals surface area contributed by atoms with Gasteiger partial charge in [-0.05, 0) is 43.5 Å². The van der Waals surface area contributed by atoms with E-state index in [0.717, 1.165) is 5.69 Å². The molecule has 0 aliphatic heterocycles. The predicted octanol–water partition coefficient (Wildman–Crippen LogP) is 3.65. The Balaban J connectivity index is 1.76. The molecule has 3 N–H and O–H groups in total. The highest BCUT2D eigenvalue weighted by molar-refractivity contribution is 5.77. The molecule has 0 aliphatic carbocycles. The number of carboxylic acids is 1. The van der Waals surface area contributed by atoms with Gasteiger partial charge in [-0.3, -0.25) is 20.2 Å². The van der Waals surface area contributed by atoms with Gasteiger partial charge in [-0.15, -0.1) is 0 Å². The Morgan fingerprint density at radius 3 is 1.86 bits per heavy atom. The van der Waals surface area contributed by atoms with Gasteiger partial charge in [-0.2, -0.15) is 0 Å². The number of non-ortho nitro benzene ring substituents is 2. The molecule has 0 unspecified atom stereocenters. The molecule has 0 amide bonds. The summed E-state index contributed by atoms with van der Waals surface area (Å²) >= 11 is 0. The molecule has 2 aromatic carbocycles. The van der Waals surface area contributed by atoms with Crippen LogP contribution in [-0.4, -0.2) is 33.5 Å². The van der Waals surface area contributed by atoms with E-state index in [4.69, 9.17) is 0 Å². The average Bonchev–Trinajstić information content (AvgIpc) is 2.67.